The molecule has 1 fully saturated rings. The van der Waals surface area contributed by atoms with E-state index in [1.54, 1.807) is 0 Å². The van der Waals surface area contributed by atoms with Gasteiger partial charge < -0.3 is 16.0 Å². The minimum absolute atomic E-state index is 0.128. The number of nitrogens with two attached hydrogens (primary N) is 1. The maximum Gasteiger partial charge on any atom is 0.416 e. The average molecular weight is 369 g/mol. The predicted molar refractivity (Wildman–Crippen MR) is 90.6 cm³/mol. The molecule has 3 N–H and O–H groups in total. The molecule has 1 aromatic rings. The number of nitrogens with zero attached hydrogens (tertiary/aromatic N) is 1. The molecule has 1 aliphatic heterocycles. The van der Waals surface area contributed by atoms with Gasteiger partial charge in [0.2, 0.25) is 5.91 Å². The van der Waals surface area contributed by atoms with E-state index >= 15 is 0 Å². The second kappa shape index (κ2) is 6.81. The number of fused-ring (bicyclic) bond motifs is 1. The van der Waals surface area contributed by atoms with Gasteiger partial charge in [-0.3, -0.25) is 4.79 Å². The van der Waals surface area contributed by atoms with E-state index < -0.39 is 29.7 Å². The molecule has 0 saturated heterocycles. The monoisotopic (exact) mass is 369 g/mol. The molecule has 1 heterocycles. The summed E-state index contributed by atoms with van der Waals surface area (Å²) in [4.78, 5) is 25.6. The summed E-state index contributed by atoms with van der Waals surface area (Å²) in [6, 6.07) is 1.50. The summed E-state index contributed by atoms with van der Waals surface area (Å²) in [6.07, 6.45) is -0.378. The third kappa shape index (κ3) is 3.50. The van der Waals surface area contributed by atoms with Gasteiger partial charge in [-0.15, -0.1) is 0 Å². The number of nitrogens with one attached hydrogen (secondary N) is 1. The highest BCUT2D eigenvalue weighted by Crippen LogP contribution is 2.39. The fourth-order valence-electron chi connectivity index (χ4n) is 4.09. The van der Waals surface area contributed by atoms with Crippen LogP contribution in [0.3, 0.4) is 0 Å². The number of rotatable bonds is 3. The summed E-state index contributed by atoms with van der Waals surface area (Å²) in [5, 5.41) is 2.42. The van der Waals surface area contributed by atoms with E-state index in [0.29, 0.717) is 5.56 Å². The zero-order chi connectivity index (χ0) is 19.1. The average Bonchev–Trinajstić information content (AvgIpc) is 3.08. The van der Waals surface area contributed by atoms with Crippen LogP contribution in [-0.4, -0.2) is 24.0 Å². The molecule has 1 aliphatic carbocycles. The topological polar surface area (TPSA) is 75.4 Å². The molecule has 0 radical (unpaired) electrons. The summed E-state index contributed by atoms with van der Waals surface area (Å²) < 4.78 is 39.5. The Labute approximate surface area is 149 Å². The van der Waals surface area contributed by atoms with Crippen molar-refractivity contribution in [1.82, 2.24) is 5.32 Å². The van der Waals surface area contributed by atoms with Gasteiger partial charge in [0.25, 0.3) is 0 Å². The van der Waals surface area contributed by atoms with Crippen molar-refractivity contribution in [2.75, 3.05) is 4.90 Å². The Morgan fingerprint density at radius 2 is 1.96 bits per heavy atom. The van der Waals surface area contributed by atoms with Gasteiger partial charge >= 0.3 is 12.2 Å². The van der Waals surface area contributed by atoms with Crippen LogP contribution in [0.4, 0.5) is 23.7 Å². The molecule has 3 rings (SSSR count). The Morgan fingerprint density at radius 1 is 1.31 bits per heavy atom. The second-order valence-corrected chi connectivity index (χ2v) is 7.10. The van der Waals surface area contributed by atoms with E-state index in [1.807, 2.05) is 6.92 Å². The molecule has 2 atom stereocenters. The smallest absolute Gasteiger partial charge is 0.352 e. The van der Waals surface area contributed by atoms with Gasteiger partial charge in [0.05, 0.1) is 5.56 Å². The maximum absolute atomic E-state index is 13.2. The Hall–Kier alpha value is -2.25. The van der Waals surface area contributed by atoms with Gasteiger partial charge in [-0.05, 0) is 43.4 Å². The molecular formula is C18H22F3N3O2. The van der Waals surface area contributed by atoms with Gasteiger partial charge in [-0.2, -0.15) is 13.2 Å². The number of hydrogen-bond donors (Lipinski definition) is 2. The summed E-state index contributed by atoms with van der Waals surface area (Å²) in [7, 11) is 0. The molecule has 0 spiro atoms. The zero-order valence-electron chi connectivity index (χ0n) is 14.5. The van der Waals surface area contributed by atoms with Crippen LogP contribution < -0.4 is 16.0 Å². The first-order valence-corrected chi connectivity index (χ1v) is 8.77. The van der Waals surface area contributed by atoms with Gasteiger partial charge in [0.15, 0.2) is 0 Å². The van der Waals surface area contributed by atoms with Crippen LogP contribution in [0.2, 0.25) is 0 Å². The van der Waals surface area contributed by atoms with Crippen molar-refractivity contribution < 1.29 is 22.8 Å². The van der Waals surface area contributed by atoms with E-state index in [4.69, 9.17) is 5.73 Å². The Bertz CT molecular complexity index is 714. The van der Waals surface area contributed by atoms with Crippen molar-refractivity contribution in [3.8, 4) is 0 Å². The van der Waals surface area contributed by atoms with Crippen LogP contribution in [-0.2, 0) is 17.4 Å². The lowest BCUT2D eigenvalue weighted by Crippen LogP contribution is -2.57. The first-order chi connectivity index (χ1) is 12.2. The molecule has 142 valence electrons. The maximum atomic E-state index is 13.2. The van der Waals surface area contributed by atoms with Crippen molar-refractivity contribution in [2.45, 2.75) is 57.3 Å². The van der Waals surface area contributed by atoms with Crippen molar-refractivity contribution in [2.24, 2.45) is 11.7 Å². The standard InChI is InChI=1S/C18H22F3N3O2/c1-10(11-4-2-3-5-11)24-15-9-13(18(19,20)21)7-6-12(15)8-14(16(24)25)23-17(22)26/h6-7,9-11,14H,2-5,8H2,1H3,(H3,22,23,26)/t10-,14+/m0/s1. The SMILES string of the molecule is C[C@@H](C1CCCC1)N1C(=O)[C@H](NC(N)=O)Cc2ccc(C(F)(F)F)cc21. The van der Waals surface area contributed by atoms with Crippen LogP contribution >= 0.6 is 0 Å². The number of anilines is 1. The molecule has 5 nitrogen and oxygen atoms in total. The number of amides is 3. The van der Waals surface area contributed by atoms with E-state index in [9.17, 15) is 22.8 Å². The number of halogens is 3. The first-order valence-electron chi connectivity index (χ1n) is 8.77. The third-order valence-electron chi connectivity index (χ3n) is 5.44. The van der Waals surface area contributed by atoms with Crippen LogP contribution in [0.15, 0.2) is 18.2 Å². The van der Waals surface area contributed by atoms with E-state index in [-0.39, 0.29) is 24.1 Å². The lowest BCUT2D eigenvalue weighted by molar-refractivity contribution is -0.137. The number of carbonyl (C=O) groups excluding carboxylic acids is 2. The molecule has 1 saturated carbocycles. The molecule has 0 aromatic heterocycles. The van der Waals surface area contributed by atoms with Crippen molar-refractivity contribution >= 4 is 17.6 Å². The Kier molecular flexibility index (Phi) is 4.86. The highest BCUT2D eigenvalue weighted by Gasteiger charge is 2.40. The quantitative estimate of drug-likeness (QED) is 0.858. The van der Waals surface area contributed by atoms with Crippen molar-refractivity contribution in [3.05, 3.63) is 29.3 Å². The summed E-state index contributed by atoms with van der Waals surface area (Å²) in [5.41, 5.74) is 5.26. The Balaban J connectivity index is 2.03. The first kappa shape index (κ1) is 18.5. The number of benzene rings is 1. The molecule has 2 aliphatic rings. The third-order valence-corrected chi connectivity index (χ3v) is 5.44. The lowest BCUT2D eigenvalue weighted by atomic mass is 9.90. The number of hydrogen-bond acceptors (Lipinski definition) is 2. The van der Waals surface area contributed by atoms with Crippen molar-refractivity contribution in [3.63, 3.8) is 0 Å². The minimum atomic E-state index is -4.48. The highest BCUT2D eigenvalue weighted by molar-refractivity contribution is 6.02. The second-order valence-electron chi connectivity index (χ2n) is 7.10. The molecule has 0 bridgehead atoms. The number of alkyl halides is 3. The van der Waals surface area contributed by atoms with Gasteiger partial charge in [-0.25, -0.2) is 4.79 Å². The van der Waals surface area contributed by atoms with Gasteiger partial charge in [0, 0.05) is 18.2 Å². The van der Waals surface area contributed by atoms with E-state index in [1.165, 1.54) is 11.0 Å². The fraction of sp³-hybridized carbons (Fsp3) is 0.556. The summed E-state index contributed by atoms with van der Waals surface area (Å²) in [5.74, 6) is -0.177. The lowest BCUT2D eigenvalue weighted by Gasteiger charge is -2.40. The van der Waals surface area contributed by atoms with E-state index in [2.05, 4.69) is 5.32 Å². The minimum Gasteiger partial charge on any atom is -0.352 e. The van der Waals surface area contributed by atoms with Crippen LogP contribution in [0, 0.1) is 5.92 Å². The molecule has 0 unspecified atom stereocenters. The Morgan fingerprint density at radius 3 is 2.54 bits per heavy atom. The molecule has 1 aromatic carbocycles. The number of urea groups is 1. The molecule has 3 amide bonds. The van der Waals surface area contributed by atoms with Crippen molar-refractivity contribution in [1.29, 1.82) is 0 Å². The number of carbonyl (C=O) groups is 2. The molecule has 26 heavy (non-hydrogen) atoms. The molecular weight excluding hydrogens is 347 g/mol. The summed E-state index contributed by atoms with van der Waals surface area (Å²) >= 11 is 0. The van der Waals surface area contributed by atoms with Crippen LogP contribution in [0.1, 0.15) is 43.7 Å². The fourth-order valence-corrected chi connectivity index (χ4v) is 4.09. The molecule has 8 heteroatoms. The van der Waals surface area contributed by atoms with E-state index in [0.717, 1.165) is 37.8 Å². The van der Waals surface area contributed by atoms with Crippen LogP contribution in [0.25, 0.3) is 0 Å². The number of primary amides is 1. The van der Waals surface area contributed by atoms with Gasteiger partial charge in [-0.1, -0.05) is 18.9 Å². The predicted octanol–water partition coefficient (Wildman–Crippen LogP) is 3.21. The highest BCUT2D eigenvalue weighted by atomic mass is 19.4. The van der Waals surface area contributed by atoms with Gasteiger partial charge in [0.1, 0.15) is 6.04 Å². The summed E-state index contributed by atoms with van der Waals surface area (Å²) in [6.45, 7) is 1.87. The zero-order valence-corrected chi connectivity index (χ0v) is 14.5. The van der Waals surface area contributed by atoms with Crippen LogP contribution in [0.5, 0.6) is 0 Å². The normalized spacial score (nSPS) is 22.2. The largest absolute Gasteiger partial charge is 0.416 e.